The number of nitrogens with one attached hydrogen (secondary N) is 2. The van der Waals surface area contributed by atoms with E-state index in [4.69, 9.17) is 5.11 Å². The van der Waals surface area contributed by atoms with Crippen molar-refractivity contribution in [2.24, 2.45) is 0 Å². The van der Waals surface area contributed by atoms with Crippen LogP contribution in [0.15, 0.2) is 41.3 Å². The second-order valence-corrected chi connectivity index (χ2v) is 10.1. The highest BCUT2D eigenvalue weighted by Crippen LogP contribution is 2.30. The molecule has 0 saturated carbocycles. The average Bonchev–Trinajstić information content (AvgIpc) is 3.10. The summed E-state index contributed by atoms with van der Waals surface area (Å²) in [5, 5.41) is 10.4. The van der Waals surface area contributed by atoms with Crippen LogP contribution in [0.25, 0.3) is 11.2 Å². The highest BCUT2D eigenvalue weighted by Gasteiger charge is 2.32. The number of pyridine rings is 1. The van der Waals surface area contributed by atoms with Gasteiger partial charge >= 0.3 is 17.7 Å². The molecule has 2 aliphatic heterocycles. The van der Waals surface area contributed by atoms with Crippen LogP contribution in [0, 0.1) is 11.6 Å². The summed E-state index contributed by atoms with van der Waals surface area (Å²) in [4.78, 5) is 47.6. The van der Waals surface area contributed by atoms with Gasteiger partial charge in [0.15, 0.2) is 23.8 Å². The van der Waals surface area contributed by atoms with Gasteiger partial charge in [0.05, 0.1) is 5.52 Å². The third-order valence-corrected chi connectivity index (χ3v) is 7.54. The summed E-state index contributed by atoms with van der Waals surface area (Å²) >= 11 is 0. The van der Waals surface area contributed by atoms with E-state index < -0.39 is 17.6 Å². The normalized spacial score (nSPS) is 21.4. The lowest BCUT2D eigenvalue weighted by Gasteiger charge is -2.34. The minimum Gasteiger partial charge on any atom is -0.564 e. The molecule has 0 spiro atoms. The Hall–Kier alpha value is -3.80. The summed E-state index contributed by atoms with van der Waals surface area (Å²) in [6.45, 7) is 1.40. The summed E-state index contributed by atoms with van der Waals surface area (Å²) in [6.07, 6.45) is 3.86. The van der Waals surface area contributed by atoms with Crippen molar-refractivity contribution >= 4 is 23.2 Å². The average molecular weight is 530 g/mol. The predicted octanol–water partition coefficient (Wildman–Crippen LogP) is 1.85. The van der Waals surface area contributed by atoms with E-state index >= 15 is 0 Å². The SMILES string of the molecule is O=C([OH2+])CN1C[C@H](NC(=O)N2CCC(n3c(=O)[nH]c4ncccc43)CC2)CC[C@@H](c2cccc(F)c2F)C1. The molecule has 0 radical (unpaired) electrons. The molecule has 2 aliphatic rings. The van der Waals surface area contributed by atoms with Gasteiger partial charge in [-0.15, -0.1) is 0 Å². The maximum Gasteiger partial charge on any atom is 0.530 e. The maximum atomic E-state index is 14.5. The summed E-state index contributed by atoms with van der Waals surface area (Å²) in [5.74, 6) is -2.97. The number of piperidine rings is 1. The molecule has 3 aromatic rings. The molecule has 0 bridgehead atoms. The van der Waals surface area contributed by atoms with Crippen molar-refractivity contribution < 1.29 is 23.5 Å². The number of halogens is 2. The Bertz CT molecular complexity index is 1380. The molecule has 12 heteroatoms. The highest BCUT2D eigenvalue weighted by atomic mass is 19.2. The highest BCUT2D eigenvalue weighted by molar-refractivity contribution is 5.75. The molecule has 38 heavy (non-hydrogen) atoms. The number of hydrogen-bond acceptors (Lipinski definition) is 5. The van der Waals surface area contributed by atoms with Crippen LogP contribution in [0.4, 0.5) is 13.6 Å². The Labute approximate surface area is 217 Å². The monoisotopic (exact) mass is 529 g/mol. The number of likely N-dealkylation sites (tertiary alicyclic amines) is 2. The predicted molar refractivity (Wildman–Crippen MR) is 136 cm³/mol. The van der Waals surface area contributed by atoms with E-state index in [1.165, 1.54) is 6.07 Å². The van der Waals surface area contributed by atoms with Crippen molar-refractivity contribution in [3.05, 3.63) is 64.2 Å². The van der Waals surface area contributed by atoms with Gasteiger partial charge in [0.2, 0.25) is 0 Å². The van der Waals surface area contributed by atoms with Crippen LogP contribution in [0.3, 0.4) is 0 Å². The lowest BCUT2D eigenvalue weighted by molar-refractivity contribution is -0.138. The van der Waals surface area contributed by atoms with Gasteiger partial charge in [0, 0.05) is 49.3 Å². The van der Waals surface area contributed by atoms with Crippen LogP contribution < -0.4 is 11.0 Å². The number of carbonyl (C=O) groups is 2. The Kier molecular flexibility index (Phi) is 7.41. The number of aromatic amines is 1. The number of benzene rings is 1. The molecule has 2 atom stereocenters. The van der Waals surface area contributed by atoms with E-state index in [1.807, 2.05) is 6.07 Å². The number of fused-ring (bicyclic) bond motifs is 1. The lowest BCUT2D eigenvalue weighted by atomic mass is 9.93. The fourth-order valence-corrected chi connectivity index (χ4v) is 5.74. The molecule has 4 heterocycles. The Morgan fingerprint density at radius 3 is 2.63 bits per heavy atom. The van der Waals surface area contributed by atoms with Crippen LogP contribution in [0.2, 0.25) is 0 Å². The minimum atomic E-state index is -0.922. The molecular weight excluding hydrogens is 498 g/mol. The van der Waals surface area contributed by atoms with Crippen LogP contribution >= 0.6 is 0 Å². The largest absolute Gasteiger partial charge is 0.564 e. The van der Waals surface area contributed by atoms with Crippen molar-refractivity contribution in [2.45, 2.75) is 43.7 Å². The summed E-state index contributed by atoms with van der Waals surface area (Å²) in [5.41, 5.74) is 1.31. The molecule has 1 aromatic carbocycles. The van der Waals surface area contributed by atoms with Crippen molar-refractivity contribution in [3.8, 4) is 0 Å². The molecular formula is C26H31F2N6O4+. The summed E-state index contributed by atoms with van der Waals surface area (Å²) in [7, 11) is 0. The van der Waals surface area contributed by atoms with Crippen molar-refractivity contribution in [2.75, 3.05) is 32.7 Å². The number of imidazole rings is 1. The van der Waals surface area contributed by atoms with E-state index in [9.17, 15) is 23.2 Å². The van der Waals surface area contributed by atoms with Gasteiger partial charge in [-0.1, -0.05) is 12.1 Å². The van der Waals surface area contributed by atoms with Gasteiger partial charge in [-0.2, -0.15) is 0 Å². The first-order chi connectivity index (χ1) is 18.3. The zero-order valence-electron chi connectivity index (χ0n) is 20.8. The number of hydrogen-bond donors (Lipinski definition) is 2. The first kappa shape index (κ1) is 25.8. The van der Waals surface area contributed by atoms with Gasteiger partial charge in [0.25, 0.3) is 0 Å². The number of carbonyl (C=O) groups excluding carboxylic acids is 2. The molecule has 2 fully saturated rings. The molecule has 2 aromatic heterocycles. The Morgan fingerprint density at radius 2 is 1.87 bits per heavy atom. The summed E-state index contributed by atoms with van der Waals surface area (Å²) in [6, 6.07) is 7.09. The number of amides is 2. The van der Waals surface area contributed by atoms with E-state index in [-0.39, 0.29) is 48.4 Å². The van der Waals surface area contributed by atoms with Crippen molar-refractivity contribution in [1.82, 2.24) is 29.7 Å². The number of urea groups is 1. The third kappa shape index (κ3) is 5.40. The van der Waals surface area contributed by atoms with Crippen LogP contribution in [-0.2, 0) is 4.79 Å². The maximum absolute atomic E-state index is 14.5. The Balaban J connectivity index is 1.23. The van der Waals surface area contributed by atoms with Gasteiger partial charge in [-0.05, 0) is 55.4 Å². The van der Waals surface area contributed by atoms with Crippen molar-refractivity contribution in [1.29, 1.82) is 0 Å². The fraction of sp³-hybridized carbons (Fsp3) is 0.462. The van der Waals surface area contributed by atoms with E-state index in [2.05, 4.69) is 15.3 Å². The molecule has 5 rings (SSSR count). The molecule has 4 N–H and O–H groups in total. The molecule has 0 aliphatic carbocycles. The zero-order valence-corrected chi connectivity index (χ0v) is 20.8. The number of H-pyrrole nitrogens is 1. The molecule has 10 nitrogen and oxygen atoms in total. The van der Waals surface area contributed by atoms with Crippen LogP contribution in [0.1, 0.15) is 43.2 Å². The minimum absolute atomic E-state index is 0.0529. The number of aromatic nitrogens is 3. The van der Waals surface area contributed by atoms with Gasteiger partial charge in [0.1, 0.15) is 0 Å². The van der Waals surface area contributed by atoms with Crippen LogP contribution in [-0.4, -0.2) is 80.2 Å². The Morgan fingerprint density at radius 1 is 1.08 bits per heavy atom. The standard InChI is InChI=1S/C26H30F2N6O4/c27-20-4-1-3-19(23(20)28)16-6-7-17(14-32(13-16)15-22(35)36)30-25(37)33-11-8-18(9-12-33)34-21-5-2-10-29-24(21)31-26(34)38/h1-5,10,16-18H,6-9,11-15H2,(H,30,37)(H,35,36)(H,29,31,38)/p+1/t16-,17-/m1/s1. The van der Waals surface area contributed by atoms with E-state index in [0.29, 0.717) is 51.0 Å². The smallest absolute Gasteiger partial charge is 0.530 e. The van der Waals surface area contributed by atoms with Gasteiger partial charge < -0.3 is 15.3 Å². The lowest BCUT2D eigenvalue weighted by Crippen LogP contribution is -2.51. The second kappa shape index (κ2) is 10.9. The van der Waals surface area contributed by atoms with Gasteiger partial charge in [-0.3, -0.25) is 14.5 Å². The summed E-state index contributed by atoms with van der Waals surface area (Å²) < 4.78 is 30.1. The zero-order chi connectivity index (χ0) is 26.8. The topological polar surface area (TPSA) is 126 Å². The first-order valence-corrected chi connectivity index (χ1v) is 12.8. The molecule has 2 saturated heterocycles. The number of rotatable bonds is 5. The van der Waals surface area contributed by atoms with E-state index in [0.717, 1.165) is 11.6 Å². The van der Waals surface area contributed by atoms with Gasteiger partial charge in [-0.25, -0.2) is 23.4 Å². The fourth-order valence-electron chi connectivity index (χ4n) is 5.74. The molecule has 202 valence electrons. The van der Waals surface area contributed by atoms with Crippen molar-refractivity contribution in [3.63, 3.8) is 0 Å². The quantitative estimate of drug-likeness (QED) is 0.488. The van der Waals surface area contributed by atoms with Crippen LogP contribution in [0.5, 0.6) is 0 Å². The molecule has 2 amide bonds. The first-order valence-electron chi connectivity index (χ1n) is 12.8. The number of nitrogens with zero attached hydrogens (tertiary/aromatic N) is 4. The van der Waals surface area contributed by atoms with E-state index in [1.54, 1.807) is 32.7 Å². The second-order valence-electron chi connectivity index (χ2n) is 10.1. The molecule has 0 unspecified atom stereocenters. The third-order valence-electron chi connectivity index (χ3n) is 7.54.